The first-order chi connectivity index (χ1) is 9.58. The summed E-state index contributed by atoms with van der Waals surface area (Å²) in [6.07, 6.45) is 0.369. The molecule has 0 amide bonds. The van der Waals surface area contributed by atoms with Crippen LogP contribution in [0.4, 0.5) is 20.2 Å². The lowest BCUT2D eigenvalue weighted by molar-refractivity contribution is -0.385. The van der Waals surface area contributed by atoms with Crippen LogP contribution in [0.1, 0.15) is 5.56 Å². The number of nitro benzene ring substituents is 1. The van der Waals surface area contributed by atoms with Crippen molar-refractivity contribution >= 4 is 11.4 Å². The highest BCUT2D eigenvalue weighted by Gasteiger charge is 2.11. The first-order valence-electron chi connectivity index (χ1n) is 5.99. The minimum absolute atomic E-state index is 0.0360. The van der Waals surface area contributed by atoms with E-state index in [9.17, 15) is 18.9 Å². The number of para-hydroxylation sites is 1. The third-order valence-corrected chi connectivity index (χ3v) is 2.83. The molecule has 0 saturated heterocycles. The fraction of sp³-hybridized carbons (Fsp3) is 0.143. The van der Waals surface area contributed by atoms with Gasteiger partial charge in [-0.3, -0.25) is 10.1 Å². The zero-order valence-electron chi connectivity index (χ0n) is 10.5. The molecule has 0 fully saturated rings. The van der Waals surface area contributed by atoms with Gasteiger partial charge in [0.05, 0.1) is 10.6 Å². The Morgan fingerprint density at radius 2 is 1.90 bits per heavy atom. The van der Waals surface area contributed by atoms with E-state index in [2.05, 4.69) is 5.32 Å². The van der Waals surface area contributed by atoms with Gasteiger partial charge in [0.25, 0.3) is 5.69 Å². The molecule has 0 aliphatic heterocycles. The molecule has 0 atom stereocenters. The van der Waals surface area contributed by atoms with Crippen LogP contribution in [0.3, 0.4) is 0 Å². The molecule has 2 rings (SSSR count). The molecule has 0 heterocycles. The van der Waals surface area contributed by atoms with E-state index in [-0.39, 0.29) is 11.4 Å². The van der Waals surface area contributed by atoms with Crippen LogP contribution in [0.15, 0.2) is 42.5 Å². The van der Waals surface area contributed by atoms with Gasteiger partial charge in [-0.05, 0) is 18.6 Å². The molecule has 0 unspecified atom stereocenters. The number of halogens is 2. The molecule has 0 aromatic heterocycles. The summed E-state index contributed by atoms with van der Waals surface area (Å²) in [5.74, 6) is -1.33. The Kier molecular flexibility index (Phi) is 4.24. The first kappa shape index (κ1) is 13.9. The quantitative estimate of drug-likeness (QED) is 0.672. The fourth-order valence-corrected chi connectivity index (χ4v) is 1.87. The van der Waals surface area contributed by atoms with Crippen molar-refractivity contribution in [3.8, 4) is 0 Å². The van der Waals surface area contributed by atoms with E-state index in [0.717, 1.165) is 12.1 Å². The molecule has 0 bridgehead atoms. The Labute approximate surface area is 114 Å². The summed E-state index contributed by atoms with van der Waals surface area (Å²) < 4.78 is 26.1. The number of hydrogen-bond donors (Lipinski definition) is 1. The Bertz CT molecular complexity index is 632. The van der Waals surface area contributed by atoms with Crippen molar-refractivity contribution in [3.05, 3.63) is 69.8 Å². The van der Waals surface area contributed by atoms with Crippen LogP contribution in [0.5, 0.6) is 0 Å². The van der Waals surface area contributed by atoms with Crippen LogP contribution in [-0.2, 0) is 6.42 Å². The zero-order chi connectivity index (χ0) is 14.5. The Morgan fingerprint density at radius 1 is 1.15 bits per heavy atom. The largest absolute Gasteiger partial charge is 0.382 e. The molecule has 0 spiro atoms. The first-order valence-corrected chi connectivity index (χ1v) is 5.99. The van der Waals surface area contributed by atoms with Crippen molar-refractivity contribution < 1.29 is 13.7 Å². The number of nitrogens with one attached hydrogen (secondary N) is 1. The average molecular weight is 278 g/mol. The summed E-state index contributed by atoms with van der Waals surface area (Å²) in [6.45, 7) is 0.313. The van der Waals surface area contributed by atoms with Crippen molar-refractivity contribution in [2.24, 2.45) is 0 Å². The van der Waals surface area contributed by atoms with Crippen LogP contribution in [0, 0.1) is 21.7 Å². The summed E-state index contributed by atoms with van der Waals surface area (Å²) in [7, 11) is 0. The lowest BCUT2D eigenvalue weighted by Crippen LogP contribution is -2.08. The van der Waals surface area contributed by atoms with Crippen molar-refractivity contribution in [2.75, 3.05) is 11.9 Å². The van der Waals surface area contributed by atoms with Crippen molar-refractivity contribution in [1.82, 2.24) is 0 Å². The van der Waals surface area contributed by atoms with Gasteiger partial charge in [0.15, 0.2) is 0 Å². The molecular formula is C14H12F2N2O2. The second kappa shape index (κ2) is 6.10. The van der Waals surface area contributed by atoms with Crippen LogP contribution in [0.25, 0.3) is 0 Å². The summed E-state index contributed by atoms with van der Waals surface area (Å²) in [6, 6.07) is 9.61. The second-order valence-corrected chi connectivity index (χ2v) is 4.19. The molecule has 0 saturated carbocycles. The SMILES string of the molecule is O=[N+]([O-])c1ccccc1CCNc1ccc(F)cc1F. The number of hydrogen-bond acceptors (Lipinski definition) is 3. The van der Waals surface area contributed by atoms with Gasteiger partial charge in [0.1, 0.15) is 11.6 Å². The smallest absolute Gasteiger partial charge is 0.272 e. The van der Waals surface area contributed by atoms with Gasteiger partial charge in [0.2, 0.25) is 0 Å². The molecule has 2 aromatic carbocycles. The van der Waals surface area contributed by atoms with Gasteiger partial charge in [-0.15, -0.1) is 0 Å². The lowest BCUT2D eigenvalue weighted by Gasteiger charge is -2.08. The molecule has 2 aromatic rings. The fourth-order valence-electron chi connectivity index (χ4n) is 1.87. The monoisotopic (exact) mass is 278 g/mol. The molecular weight excluding hydrogens is 266 g/mol. The third kappa shape index (κ3) is 3.28. The van der Waals surface area contributed by atoms with Gasteiger partial charge in [-0.1, -0.05) is 18.2 Å². The van der Waals surface area contributed by atoms with E-state index in [4.69, 9.17) is 0 Å². The van der Waals surface area contributed by atoms with Gasteiger partial charge < -0.3 is 5.32 Å². The van der Waals surface area contributed by atoms with Gasteiger partial charge >= 0.3 is 0 Å². The Morgan fingerprint density at radius 3 is 2.60 bits per heavy atom. The number of benzene rings is 2. The number of rotatable bonds is 5. The maximum atomic E-state index is 13.4. The average Bonchev–Trinajstić information content (AvgIpc) is 2.41. The lowest BCUT2D eigenvalue weighted by atomic mass is 10.1. The predicted molar refractivity (Wildman–Crippen MR) is 71.6 cm³/mol. The van der Waals surface area contributed by atoms with E-state index in [1.54, 1.807) is 18.2 Å². The number of nitro groups is 1. The molecule has 0 aliphatic rings. The van der Waals surface area contributed by atoms with E-state index < -0.39 is 16.6 Å². The predicted octanol–water partition coefficient (Wildman–Crippen LogP) is 3.53. The highest BCUT2D eigenvalue weighted by Crippen LogP contribution is 2.19. The minimum Gasteiger partial charge on any atom is -0.382 e. The minimum atomic E-state index is -0.687. The number of nitrogens with zero attached hydrogens (tertiary/aromatic N) is 1. The molecule has 1 N–H and O–H groups in total. The zero-order valence-corrected chi connectivity index (χ0v) is 10.5. The van der Waals surface area contributed by atoms with Crippen molar-refractivity contribution in [2.45, 2.75) is 6.42 Å². The van der Waals surface area contributed by atoms with Crippen LogP contribution in [-0.4, -0.2) is 11.5 Å². The van der Waals surface area contributed by atoms with Crippen molar-refractivity contribution in [1.29, 1.82) is 0 Å². The Balaban J connectivity index is 2.01. The molecule has 4 nitrogen and oxygen atoms in total. The van der Waals surface area contributed by atoms with E-state index in [1.807, 2.05) is 0 Å². The summed E-state index contributed by atoms with van der Waals surface area (Å²) in [5.41, 5.74) is 0.770. The third-order valence-electron chi connectivity index (χ3n) is 2.83. The molecule has 0 aliphatic carbocycles. The maximum absolute atomic E-state index is 13.4. The second-order valence-electron chi connectivity index (χ2n) is 4.19. The van der Waals surface area contributed by atoms with Gasteiger partial charge in [0, 0.05) is 24.2 Å². The Hall–Kier alpha value is -2.50. The number of anilines is 1. The maximum Gasteiger partial charge on any atom is 0.272 e. The molecule has 6 heteroatoms. The highest BCUT2D eigenvalue weighted by molar-refractivity contribution is 5.45. The van der Waals surface area contributed by atoms with Crippen LogP contribution < -0.4 is 5.32 Å². The van der Waals surface area contributed by atoms with E-state index in [0.29, 0.717) is 18.5 Å². The standard InChI is InChI=1S/C14H12F2N2O2/c15-11-5-6-13(12(16)9-11)17-8-7-10-3-1-2-4-14(10)18(19)20/h1-6,9,17H,7-8H2. The van der Waals surface area contributed by atoms with Crippen LogP contribution >= 0.6 is 0 Å². The summed E-state index contributed by atoms with van der Waals surface area (Å²) >= 11 is 0. The van der Waals surface area contributed by atoms with Gasteiger partial charge in [-0.2, -0.15) is 0 Å². The van der Waals surface area contributed by atoms with Crippen molar-refractivity contribution in [3.63, 3.8) is 0 Å². The van der Waals surface area contributed by atoms with E-state index >= 15 is 0 Å². The van der Waals surface area contributed by atoms with Gasteiger partial charge in [-0.25, -0.2) is 8.78 Å². The van der Waals surface area contributed by atoms with E-state index in [1.165, 1.54) is 12.1 Å². The molecule has 20 heavy (non-hydrogen) atoms. The topological polar surface area (TPSA) is 55.2 Å². The summed E-state index contributed by atoms with van der Waals surface area (Å²) in [4.78, 5) is 10.4. The van der Waals surface area contributed by atoms with Crippen LogP contribution in [0.2, 0.25) is 0 Å². The summed E-state index contributed by atoms with van der Waals surface area (Å²) in [5, 5.41) is 13.6. The normalized spacial score (nSPS) is 10.3. The molecule has 104 valence electrons. The highest BCUT2D eigenvalue weighted by atomic mass is 19.1. The molecule has 0 radical (unpaired) electrons.